The Labute approximate surface area is 185 Å². The normalized spacial score (nSPS) is 33.0. The van der Waals surface area contributed by atoms with Crippen LogP contribution in [0.1, 0.15) is 80.1 Å². The van der Waals surface area contributed by atoms with Crippen LogP contribution in [0.15, 0.2) is 0 Å². The molecular formula is C24H38O7. The van der Waals surface area contributed by atoms with E-state index in [4.69, 9.17) is 18.9 Å². The third-order valence-corrected chi connectivity index (χ3v) is 6.56. The predicted molar refractivity (Wildman–Crippen MR) is 113 cm³/mol. The van der Waals surface area contributed by atoms with Crippen molar-refractivity contribution in [2.45, 2.75) is 110 Å². The van der Waals surface area contributed by atoms with Gasteiger partial charge in [-0.15, -0.1) is 0 Å². The Kier molecular flexibility index (Phi) is 7.34. The SMILES string of the molecule is CC(C)CC(=O)OC1C2C(CCC3CCC(=O)OC32)OC1C(C)(C)OC(=O)CC(C)C. The van der Waals surface area contributed by atoms with Gasteiger partial charge < -0.3 is 18.9 Å². The lowest BCUT2D eigenvalue weighted by molar-refractivity contribution is -0.184. The second kappa shape index (κ2) is 9.47. The van der Waals surface area contributed by atoms with E-state index in [0.29, 0.717) is 19.3 Å². The van der Waals surface area contributed by atoms with Gasteiger partial charge in [-0.25, -0.2) is 0 Å². The van der Waals surface area contributed by atoms with E-state index in [-0.39, 0.29) is 53.8 Å². The second-order valence-corrected chi connectivity index (χ2v) is 10.7. The highest BCUT2D eigenvalue weighted by molar-refractivity contribution is 5.71. The van der Waals surface area contributed by atoms with Crippen molar-refractivity contribution in [1.82, 2.24) is 0 Å². The summed E-state index contributed by atoms with van der Waals surface area (Å²) in [5.74, 6) is -0.466. The summed E-state index contributed by atoms with van der Waals surface area (Å²) in [7, 11) is 0. The third kappa shape index (κ3) is 5.60. The van der Waals surface area contributed by atoms with Crippen LogP contribution in [0, 0.1) is 23.7 Å². The zero-order chi connectivity index (χ0) is 22.9. The Morgan fingerprint density at radius 3 is 2.32 bits per heavy atom. The molecule has 0 aromatic heterocycles. The molecule has 2 aliphatic heterocycles. The molecule has 6 atom stereocenters. The van der Waals surface area contributed by atoms with Gasteiger partial charge in [0.2, 0.25) is 0 Å². The fourth-order valence-corrected chi connectivity index (χ4v) is 5.24. The minimum Gasteiger partial charge on any atom is -0.462 e. The van der Waals surface area contributed by atoms with Gasteiger partial charge in [-0.05, 0) is 50.9 Å². The Hall–Kier alpha value is -1.63. The number of hydrogen-bond donors (Lipinski definition) is 0. The van der Waals surface area contributed by atoms with Crippen LogP contribution in [0.25, 0.3) is 0 Å². The van der Waals surface area contributed by atoms with E-state index in [0.717, 1.165) is 19.3 Å². The van der Waals surface area contributed by atoms with Crippen LogP contribution in [-0.2, 0) is 33.3 Å². The molecule has 2 heterocycles. The minimum absolute atomic E-state index is 0.160. The molecule has 0 spiro atoms. The molecule has 6 unspecified atom stereocenters. The van der Waals surface area contributed by atoms with Crippen LogP contribution in [0.2, 0.25) is 0 Å². The van der Waals surface area contributed by atoms with Crippen molar-refractivity contribution in [3.05, 3.63) is 0 Å². The van der Waals surface area contributed by atoms with E-state index < -0.39 is 17.8 Å². The smallest absolute Gasteiger partial charge is 0.306 e. The zero-order valence-corrected chi connectivity index (χ0v) is 19.7. The van der Waals surface area contributed by atoms with Crippen molar-refractivity contribution in [2.24, 2.45) is 23.7 Å². The van der Waals surface area contributed by atoms with Gasteiger partial charge >= 0.3 is 17.9 Å². The number of carbonyl (C=O) groups excluding carboxylic acids is 3. The van der Waals surface area contributed by atoms with Gasteiger partial charge in [0.15, 0.2) is 0 Å². The summed E-state index contributed by atoms with van der Waals surface area (Å²) < 4.78 is 24.0. The molecule has 176 valence electrons. The van der Waals surface area contributed by atoms with E-state index in [2.05, 4.69) is 0 Å². The van der Waals surface area contributed by atoms with E-state index >= 15 is 0 Å². The molecule has 1 aliphatic carbocycles. The van der Waals surface area contributed by atoms with Crippen molar-refractivity contribution < 1.29 is 33.3 Å². The summed E-state index contributed by atoms with van der Waals surface area (Å²) in [5, 5.41) is 0. The Morgan fingerprint density at radius 2 is 1.68 bits per heavy atom. The van der Waals surface area contributed by atoms with Gasteiger partial charge in [0.05, 0.1) is 12.0 Å². The maximum absolute atomic E-state index is 12.7. The van der Waals surface area contributed by atoms with Gasteiger partial charge in [-0.1, -0.05) is 27.7 Å². The topological polar surface area (TPSA) is 88.1 Å². The Bertz CT molecular complexity index is 683. The first-order valence-corrected chi connectivity index (χ1v) is 11.7. The highest BCUT2D eigenvalue weighted by atomic mass is 16.6. The van der Waals surface area contributed by atoms with Crippen molar-refractivity contribution in [3.8, 4) is 0 Å². The molecular weight excluding hydrogens is 400 g/mol. The largest absolute Gasteiger partial charge is 0.462 e. The molecule has 3 aliphatic rings. The lowest BCUT2D eigenvalue weighted by atomic mass is 9.71. The zero-order valence-electron chi connectivity index (χ0n) is 19.7. The van der Waals surface area contributed by atoms with Crippen LogP contribution in [0.4, 0.5) is 0 Å². The van der Waals surface area contributed by atoms with Gasteiger partial charge in [0.1, 0.15) is 23.9 Å². The molecule has 2 saturated heterocycles. The summed E-state index contributed by atoms with van der Waals surface area (Å²) >= 11 is 0. The number of ether oxygens (including phenoxy) is 4. The molecule has 0 amide bonds. The molecule has 0 N–H and O–H groups in total. The van der Waals surface area contributed by atoms with Gasteiger partial charge in [-0.2, -0.15) is 0 Å². The highest BCUT2D eigenvalue weighted by Gasteiger charge is 2.60. The van der Waals surface area contributed by atoms with Crippen molar-refractivity contribution in [3.63, 3.8) is 0 Å². The van der Waals surface area contributed by atoms with Crippen LogP contribution in [0.3, 0.4) is 0 Å². The minimum atomic E-state index is -0.986. The van der Waals surface area contributed by atoms with E-state index in [1.54, 1.807) is 13.8 Å². The van der Waals surface area contributed by atoms with E-state index in [9.17, 15) is 14.4 Å². The van der Waals surface area contributed by atoms with Crippen molar-refractivity contribution in [1.29, 1.82) is 0 Å². The maximum Gasteiger partial charge on any atom is 0.306 e. The maximum atomic E-state index is 12.7. The predicted octanol–water partition coefficient (Wildman–Crippen LogP) is 3.81. The van der Waals surface area contributed by atoms with Crippen LogP contribution >= 0.6 is 0 Å². The molecule has 3 rings (SSSR count). The molecule has 0 aromatic rings. The highest BCUT2D eigenvalue weighted by Crippen LogP contribution is 2.48. The van der Waals surface area contributed by atoms with Crippen molar-refractivity contribution in [2.75, 3.05) is 0 Å². The number of rotatable bonds is 7. The average Bonchev–Trinajstić information content (AvgIpc) is 2.99. The number of carbonyl (C=O) groups is 3. The Balaban J connectivity index is 1.86. The standard InChI is InChI=1S/C24H38O7/c1-13(2)11-18(26)30-22-20-16(9-7-15-8-10-17(25)29-21(15)20)28-23(22)24(5,6)31-19(27)12-14(3)4/h13-16,20-23H,7-12H2,1-6H3. The number of fused-ring (bicyclic) bond motifs is 3. The quantitative estimate of drug-likeness (QED) is 0.441. The van der Waals surface area contributed by atoms with Gasteiger partial charge in [0.25, 0.3) is 0 Å². The average molecular weight is 439 g/mol. The molecule has 0 bridgehead atoms. The molecule has 1 saturated carbocycles. The Morgan fingerprint density at radius 1 is 1.03 bits per heavy atom. The first-order valence-electron chi connectivity index (χ1n) is 11.7. The number of hydrogen-bond acceptors (Lipinski definition) is 7. The number of esters is 3. The molecule has 7 heteroatoms. The summed E-state index contributed by atoms with van der Waals surface area (Å²) in [5.41, 5.74) is -0.986. The molecule has 0 aromatic carbocycles. The first kappa shape index (κ1) is 24.0. The summed E-state index contributed by atoms with van der Waals surface area (Å²) in [4.78, 5) is 37.2. The van der Waals surface area contributed by atoms with Crippen LogP contribution in [-0.4, -0.2) is 47.9 Å². The van der Waals surface area contributed by atoms with Crippen LogP contribution < -0.4 is 0 Å². The fourth-order valence-electron chi connectivity index (χ4n) is 5.24. The van der Waals surface area contributed by atoms with E-state index in [1.807, 2.05) is 27.7 Å². The summed E-state index contributed by atoms with van der Waals surface area (Å²) in [6, 6.07) is 0. The fraction of sp³-hybridized carbons (Fsp3) is 0.875. The van der Waals surface area contributed by atoms with Gasteiger partial charge in [0, 0.05) is 19.3 Å². The van der Waals surface area contributed by atoms with Crippen LogP contribution in [0.5, 0.6) is 0 Å². The lowest BCUT2D eigenvalue weighted by Crippen LogP contribution is -2.53. The van der Waals surface area contributed by atoms with Gasteiger partial charge in [-0.3, -0.25) is 14.4 Å². The van der Waals surface area contributed by atoms with Crippen molar-refractivity contribution >= 4 is 17.9 Å². The van der Waals surface area contributed by atoms with E-state index in [1.165, 1.54) is 0 Å². The summed E-state index contributed by atoms with van der Waals surface area (Å²) in [6.45, 7) is 11.5. The summed E-state index contributed by atoms with van der Waals surface area (Å²) in [6.07, 6.45) is 1.77. The first-order chi connectivity index (χ1) is 14.5. The monoisotopic (exact) mass is 438 g/mol. The molecule has 0 radical (unpaired) electrons. The molecule has 3 fully saturated rings. The third-order valence-electron chi connectivity index (χ3n) is 6.56. The molecule has 31 heavy (non-hydrogen) atoms. The second-order valence-electron chi connectivity index (χ2n) is 10.7. The lowest BCUT2D eigenvalue weighted by Gasteiger charge is -2.42. The molecule has 7 nitrogen and oxygen atoms in total.